The molecule has 160 valence electrons. The van der Waals surface area contributed by atoms with Gasteiger partial charge < -0.3 is 4.90 Å². The fraction of sp³-hybridized carbons (Fsp3) is 0.391. The first-order chi connectivity index (χ1) is 14.9. The highest BCUT2D eigenvalue weighted by Gasteiger charge is 2.31. The fourth-order valence-electron chi connectivity index (χ4n) is 4.51. The van der Waals surface area contributed by atoms with E-state index in [4.69, 9.17) is 6.57 Å². The molecule has 0 radical (unpaired) electrons. The molecule has 31 heavy (non-hydrogen) atoms. The standard InChI is InChI=1S/C23H23FN4O3/c1-25-19-5-3-18-14-20(6-4-17(18)13-19)27-11-10-26(15-23(27)29)9-8-16-2-7-22(28(30)31)21(24)12-16/h2-3,5,7,12-13,20H,4,6,8-11,14-15H2. The van der Waals surface area contributed by atoms with Crippen molar-refractivity contribution in [3.8, 4) is 0 Å². The third-order valence-corrected chi connectivity index (χ3v) is 6.22. The lowest BCUT2D eigenvalue weighted by molar-refractivity contribution is -0.387. The molecule has 7 nitrogen and oxygen atoms in total. The minimum Gasteiger partial charge on any atom is -0.337 e. The molecular weight excluding hydrogens is 399 g/mol. The van der Waals surface area contributed by atoms with Gasteiger partial charge in [-0.25, -0.2) is 4.85 Å². The smallest absolute Gasteiger partial charge is 0.304 e. The molecule has 1 amide bonds. The first kappa shape index (κ1) is 20.9. The summed E-state index contributed by atoms with van der Waals surface area (Å²) in [5, 5.41) is 10.7. The summed E-state index contributed by atoms with van der Waals surface area (Å²) in [7, 11) is 0. The number of amides is 1. The van der Waals surface area contributed by atoms with Crippen LogP contribution in [0, 0.1) is 22.5 Å². The number of nitro groups is 1. The van der Waals surface area contributed by atoms with E-state index in [1.165, 1.54) is 23.3 Å². The second kappa shape index (κ2) is 8.82. The number of hydrogen-bond donors (Lipinski definition) is 0. The Labute approximate surface area is 180 Å². The summed E-state index contributed by atoms with van der Waals surface area (Å²) in [6.45, 7) is 9.50. The number of aryl methyl sites for hydroxylation is 1. The van der Waals surface area contributed by atoms with Crippen LogP contribution < -0.4 is 0 Å². The zero-order valence-corrected chi connectivity index (χ0v) is 17.1. The summed E-state index contributed by atoms with van der Waals surface area (Å²) >= 11 is 0. The second-order valence-corrected chi connectivity index (χ2v) is 8.12. The second-order valence-electron chi connectivity index (χ2n) is 8.12. The van der Waals surface area contributed by atoms with Crippen LogP contribution in [0.5, 0.6) is 0 Å². The maximum atomic E-state index is 13.8. The highest BCUT2D eigenvalue weighted by Crippen LogP contribution is 2.29. The number of hydrogen-bond acceptors (Lipinski definition) is 4. The fourth-order valence-corrected chi connectivity index (χ4v) is 4.51. The SMILES string of the molecule is [C-]#[N+]c1ccc2c(c1)CCC(N1CCN(CCc3ccc([N+](=O)[O-])c(F)c3)CC1=O)C2. The minimum absolute atomic E-state index is 0.104. The quantitative estimate of drug-likeness (QED) is 0.420. The molecule has 0 spiro atoms. The summed E-state index contributed by atoms with van der Waals surface area (Å²) in [4.78, 5) is 30.3. The molecule has 0 aromatic heterocycles. The molecule has 2 aromatic rings. The van der Waals surface area contributed by atoms with E-state index in [0.29, 0.717) is 37.3 Å². The van der Waals surface area contributed by atoms with Gasteiger partial charge >= 0.3 is 5.69 Å². The van der Waals surface area contributed by atoms with E-state index in [2.05, 4.69) is 9.74 Å². The zero-order chi connectivity index (χ0) is 22.0. The molecule has 8 heteroatoms. The number of carbonyl (C=O) groups excluding carboxylic acids is 1. The van der Waals surface area contributed by atoms with Gasteiger partial charge in [0.05, 0.1) is 18.0 Å². The lowest BCUT2D eigenvalue weighted by Gasteiger charge is -2.41. The number of benzene rings is 2. The van der Waals surface area contributed by atoms with Gasteiger partial charge in [0, 0.05) is 31.7 Å². The van der Waals surface area contributed by atoms with Gasteiger partial charge in [-0.3, -0.25) is 19.8 Å². The van der Waals surface area contributed by atoms with Crippen molar-refractivity contribution in [1.29, 1.82) is 0 Å². The van der Waals surface area contributed by atoms with E-state index in [1.807, 2.05) is 23.1 Å². The van der Waals surface area contributed by atoms with E-state index in [1.54, 1.807) is 6.07 Å². The lowest BCUT2D eigenvalue weighted by Crippen LogP contribution is -2.55. The van der Waals surface area contributed by atoms with E-state index in [9.17, 15) is 19.3 Å². The van der Waals surface area contributed by atoms with Gasteiger partial charge in [-0.15, -0.1) is 0 Å². The summed E-state index contributed by atoms with van der Waals surface area (Å²) in [6, 6.07) is 9.96. The number of nitrogens with zero attached hydrogens (tertiary/aromatic N) is 4. The maximum Gasteiger partial charge on any atom is 0.304 e. The van der Waals surface area contributed by atoms with E-state index < -0.39 is 16.4 Å². The Morgan fingerprint density at radius 2 is 2.03 bits per heavy atom. The molecule has 1 aliphatic carbocycles. The van der Waals surface area contributed by atoms with Crippen LogP contribution in [0.3, 0.4) is 0 Å². The molecule has 0 saturated carbocycles. The molecule has 1 saturated heterocycles. The highest BCUT2D eigenvalue weighted by molar-refractivity contribution is 5.79. The number of fused-ring (bicyclic) bond motifs is 1. The number of carbonyl (C=O) groups is 1. The Morgan fingerprint density at radius 3 is 2.74 bits per heavy atom. The monoisotopic (exact) mass is 422 g/mol. The molecular formula is C23H23FN4O3. The molecule has 2 aliphatic rings. The topological polar surface area (TPSA) is 71.1 Å². The molecule has 0 N–H and O–H groups in total. The Kier molecular flexibility index (Phi) is 5.96. The predicted molar refractivity (Wildman–Crippen MR) is 113 cm³/mol. The van der Waals surface area contributed by atoms with Crippen molar-refractivity contribution in [2.75, 3.05) is 26.2 Å². The Balaban J connectivity index is 1.32. The largest absolute Gasteiger partial charge is 0.337 e. The average molecular weight is 422 g/mol. The number of nitro benzene ring substituents is 1. The first-order valence-corrected chi connectivity index (χ1v) is 10.4. The van der Waals surface area contributed by atoms with E-state index in [0.717, 1.165) is 25.8 Å². The molecule has 1 unspecified atom stereocenters. The molecule has 1 atom stereocenters. The summed E-state index contributed by atoms with van der Waals surface area (Å²) in [5.74, 6) is -0.725. The van der Waals surface area contributed by atoms with Gasteiger partial charge in [0.1, 0.15) is 0 Å². The lowest BCUT2D eigenvalue weighted by atomic mass is 9.87. The molecule has 1 fully saturated rings. The Hall–Kier alpha value is -3.31. The van der Waals surface area contributed by atoms with Gasteiger partial charge in [-0.05, 0) is 42.9 Å². The van der Waals surface area contributed by atoms with Crippen LogP contribution in [0.4, 0.5) is 15.8 Å². The van der Waals surface area contributed by atoms with Crippen molar-refractivity contribution in [2.45, 2.75) is 31.7 Å². The van der Waals surface area contributed by atoms with E-state index in [-0.39, 0.29) is 11.9 Å². The van der Waals surface area contributed by atoms with Gasteiger partial charge in [-0.1, -0.05) is 29.8 Å². The van der Waals surface area contributed by atoms with Crippen LogP contribution in [0.15, 0.2) is 36.4 Å². The molecule has 0 bridgehead atoms. The Morgan fingerprint density at radius 1 is 1.19 bits per heavy atom. The van der Waals surface area contributed by atoms with Crippen LogP contribution in [0.25, 0.3) is 4.85 Å². The summed E-state index contributed by atoms with van der Waals surface area (Å²) in [5.41, 5.74) is 3.26. The molecule has 1 heterocycles. The molecule has 4 rings (SSSR count). The van der Waals surface area contributed by atoms with Gasteiger partial charge in [0.15, 0.2) is 5.69 Å². The summed E-state index contributed by atoms with van der Waals surface area (Å²) in [6.07, 6.45) is 3.13. The normalized spacial score (nSPS) is 19.0. The van der Waals surface area contributed by atoms with Crippen LogP contribution in [0.2, 0.25) is 0 Å². The molecule has 1 aliphatic heterocycles. The molecule has 2 aromatic carbocycles. The van der Waals surface area contributed by atoms with Crippen LogP contribution in [0.1, 0.15) is 23.1 Å². The minimum atomic E-state index is -0.829. The maximum absolute atomic E-state index is 13.8. The highest BCUT2D eigenvalue weighted by atomic mass is 19.1. The number of rotatable bonds is 5. The van der Waals surface area contributed by atoms with Crippen molar-refractivity contribution in [3.05, 3.63) is 80.4 Å². The van der Waals surface area contributed by atoms with Crippen LogP contribution >= 0.6 is 0 Å². The number of halogens is 1. The van der Waals surface area contributed by atoms with Crippen LogP contribution in [-0.2, 0) is 24.1 Å². The van der Waals surface area contributed by atoms with E-state index >= 15 is 0 Å². The van der Waals surface area contributed by atoms with Gasteiger partial charge in [0.25, 0.3) is 0 Å². The van der Waals surface area contributed by atoms with Crippen LogP contribution in [-0.4, -0.2) is 52.9 Å². The third kappa shape index (κ3) is 4.57. The van der Waals surface area contributed by atoms with Gasteiger partial charge in [-0.2, -0.15) is 4.39 Å². The van der Waals surface area contributed by atoms with Crippen molar-refractivity contribution in [2.24, 2.45) is 0 Å². The zero-order valence-electron chi connectivity index (χ0n) is 17.1. The van der Waals surface area contributed by atoms with Gasteiger partial charge in [0.2, 0.25) is 11.7 Å². The first-order valence-electron chi connectivity index (χ1n) is 10.4. The third-order valence-electron chi connectivity index (χ3n) is 6.22. The van der Waals surface area contributed by atoms with Crippen molar-refractivity contribution >= 4 is 17.3 Å². The van der Waals surface area contributed by atoms with Crippen molar-refractivity contribution < 1.29 is 14.1 Å². The van der Waals surface area contributed by atoms with Crippen molar-refractivity contribution in [1.82, 2.24) is 9.80 Å². The Bertz CT molecular complexity index is 1070. The average Bonchev–Trinajstić information content (AvgIpc) is 2.77. The predicted octanol–water partition coefficient (Wildman–Crippen LogP) is 3.53. The van der Waals surface area contributed by atoms with Crippen molar-refractivity contribution in [3.63, 3.8) is 0 Å². The number of piperazine rings is 1. The summed E-state index contributed by atoms with van der Waals surface area (Å²) < 4.78 is 13.8.